The first-order valence-electron chi connectivity index (χ1n) is 7.05. The third-order valence-corrected chi connectivity index (χ3v) is 4.93. The summed E-state index contributed by atoms with van der Waals surface area (Å²) in [7, 11) is 0. The number of aromatic nitrogens is 4. The van der Waals surface area contributed by atoms with Crippen molar-refractivity contribution < 1.29 is 18.0 Å². The first-order valence-corrected chi connectivity index (χ1v) is 7.87. The molecule has 6 nitrogen and oxygen atoms in total. The van der Waals surface area contributed by atoms with Gasteiger partial charge in [0.05, 0.1) is 11.6 Å². The van der Waals surface area contributed by atoms with Gasteiger partial charge in [0.25, 0.3) is 5.91 Å². The normalized spacial score (nSPS) is 19.1. The Morgan fingerprint density at radius 1 is 1.48 bits per heavy atom. The molecular weight excluding hydrogens is 331 g/mol. The summed E-state index contributed by atoms with van der Waals surface area (Å²) >= 11 is 1.11. The molecule has 0 unspecified atom stereocenters. The van der Waals surface area contributed by atoms with E-state index in [0.717, 1.165) is 11.3 Å². The van der Waals surface area contributed by atoms with Gasteiger partial charge in [-0.1, -0.05) is 0 Å². The van der Waals surface area contributed by atoms with Gasteiger partial charge in [-0.15, -0.1) is 11.3 Å². The van der Waals surface area contributed by atoms with Crippen molar-refractivity contribution in [3.8, 4) is 10.8 Å². The molecule has 0 aromatic carbocycles. The van der Waals surface area contributed by atoms with E-state index in [1.54, 1.807) is 6.92 Å². The minimum absolute atomic E-state index is 0.0677. The number of nitrogens with zero attached hydrogens (tertiary/aromatic N) is 4. The van der Waals surface area contributed by atoms with Crippen LogP contribution in [0.15, 0.2) is 6.33 Å². The second kappa shape index (κ2) is 5.91. The molecule has 2 aromatic heterocycles. The number of amides is 1. The number of H-pyrrole nitrogens is 1. The first-order chi connectivity index (χ1) is 10.9. The summed E-state index contributed by atoms with van der Waals surface area (Å²) in [6.45, 7) is 1.70. The molecule has 1 amide bonds. The van der Waals surface area contributed by atoms with Gasteiger partial charge in [-0.05, 0) is 19.8 Å². The number of rotatable bonds is 2. The molecule has 10 heteroatoms. The van der Waals surface area contributed by atoms with Crippen molar-refractivity contribution in [3.05, 3.63) is 16.9 Å². The summed E-state index contributed by atoms with van der Waals surface area (Å²) in [4.78, 5) is 22.4. The van der Waals surface area contributed by atoms with Crippen LogP contribution in [0.5, 0.6) is 0 Å². The molecule has 0 saturated carbocycles. The lowest BCUT2D eigenvalue weighted by atomic mass is 9.97. The number of aromatic amines is 1. The number of likely N-dealkylation sites (tertiary alicyclic amines) is 1. The minimum atomic E-state index is -4.27. The zero-order valence-electron chi connectivity index (χ0n) is 12.2. The zero-order chi connectivity index (χ0) is 16.6. The monoisotopic (exact) mass is 345 g/mol. The highest BCUT2D eigenvalue weighted by atomic mass is 32.1. The number of thiazole rings is 1. The number of hydrogen-bond donors (Lipinski definition) is 1. The van der Waals surface area contributed by atoms with Gasteiger partial charge >= 0.3 is 6.18 Å². The van der Waals surface area contributed by atoms with Crippen LogP contribution in [0.25, 0.3) is 10.8 Å². The molecule has 1 N–H and O–H groups in total. The SMILES string of the molecule is Cc1nc(-c2ncn[nH]2)sc1C(=O)N1CCC[C@@H](C(F)(F)F)C1. The lowest BCUT2D eigenvalue weighted by Gasteiger charge is -2.33. The van der Waals surface area contributed by atoms with Crippen LogP contribution in [0.1, 0.15) is 28.2 Å². The van der Waals surface area contributed by atoms with Crippen molar-refractivity contribution in [1.29, 1.82) is 0 Å². The number of carbonyl (C=O) groups is 1. The van der Waals surface area contributed by atoms with Crippen molar-refractivity contribution in [3.63, 3.8) is 0 Å². The molecule has 23 heavy (non-hydrogen) atoms. The number of alkyl halides is 3. The minimum Gasteiger partial charge on any atom is -0.337 e. The average molecular weight is 345 g/mol. The Kier molecular flexibility index (Phi) is 4.09. The van der Waals surface area contributed by atoms with Gasteiger partial charge in [0.1, 0.15) is 11.2 Å². The zero-order valence-corrected chi connectivity index (χ0v) is 13.0. The summed E-state index contributed by atoms with van der Waals surface area (Å²) in [5.41, 5.74) is 0.487. The van der Waals surface area contributed by atoms with E-state index in [4.69, 9.17) is 0 Å². The van der Waals surface area contributed by atoms with Gasteiger partial charge in [0, 0.05) is 13.1 Å². The van der Waals surface area contributed by atoms with Gasteiger partial charge in [-0.2, -0.15) is 18.3 Å². The van der Waals surface area contributed by atoms with Gasteiger partial charge in [-0.3, -0.25) is 9.89 Å². The quantitative estimate of drug-likeness (QED) is 0.908. The molecule has 1 aliphatic heterocycles. The van der Waals surface area contributed by atoms with Gasteiger partial charge < -0.3 is 4.90 Å². The van der Waals surface area contributed by atoms with Crippen LogP contribution in [-0.2, 0) is 0 Å². The molecule has 3 rings (SSSR count). The Morgan fingerprint density at radius 3 is 2.91 bits per heavy atom. The Bertz CT molecular complexity index is 697. The second-order valence-corrected chi connectivity index (χ2v) is 6.40. The van der Waals surface area contributed by atoms with Gasteiger partial charge in [0.2, 0.25) is 0 Å². The Labute approximate surface area is 133 Å². The number of piperidine rings is 1. The van der Waals surface area contributed by atoms with Crippen LogP contribution >= 0.6 is 11.3 Å². The van der Waals surface area contributed by atoms with Crippen LogP contribution < -0.4 is 0 Å². The molecule has 0 bridgehead atoms. The van der Waals surface area contributed by atoms with E-state index in [0.29, 0.717) is 34.4 Å². The third kappa shape index (κ3) is 3.21. The van der Waals surface area contributed by atoms with E-state index in [9.17, 15) is 18.0 Å². The maximum Gasteiger partial charge on any atom is 0.393 e. The number of halogens is 3. The predicted octanol–water partition coefficient (Wildman–Crippen LogP) is 2.65. The number of aryl methyl sites for hydroxylation is 1. The molecule has 3 heterocycles. The molecule has 1 saturated heterocycles. The Balaban J connectivity index is 1.80. The van der Waals surface area contributed by atoms with E-state index in [1.165, 1.54) is 11.2 Å². The Morgan fingerprint density at radius 2 is 2.26 bits per heavy atom. The van der Waals surface area contributed by atoms with Crippen molar-refractivity contribution in [2.45, 2.75) is 25.9 Å². The molecule has 124 valence electrons. The van der Waals surface area contributed by atoms with Crippen molar-refractivity contribution in [1.82, 2.24) is 25.1 Å². The van der Waals surface area contributed by atoms with E-state index in [1.807, 2.05) is 0 Å². The van der Waals surface area contributed by atoms with Crippen LogP contribution in [0, 0.1) is 12.8 Å². The summed E-state index contributed by atoms with van der Waals surface area (Å²) in [5.74, 6) is -1.43. The highest BCUT2D eigenvalue weighted by Gasteiger charge is 2.43. The van der Waals surface area contributed by atoms with Gasteiger partial charge in [-0.25, -0.2) is 9.97 Å². The summed E-state index contributed by atoms with van der Waals surface area (Å²) in [5, 5.41) is 6.87. The predicted molar refractivity (Wildman–Crippen MR) is 76.9 cm³/mol. The van der Waals surface area contributed by atoms with Crippen molar-refractivity contribution >= 4 is 17.2 Å². The standard InChI is InChI=1S/C13H14F3N5OS/c1-7-9(23-11(19-7)10-17-6-18-20-10)12(22)21-4-2-3-8(5-21)13(14,15)16/h6,8H,2-5H2,1H3,(H,17,18,20)/t8-/m1/s1. The number of carbonyl (C=O) groups excluding carboxylic acids is 1. The van der Waals surface area contributed by atoms with Crippen LogP contribution in [0.3, 0.4) is 0 Å². The van der Waals surface area contributed by atoms with E-state index >= 15 is 0 Å². The smallest absolute Gasteiger partial charge is 0.337 e. The lowest BCUT2D eigenvalue weighted by Crippen LogP contribution is -2.44. The average Bonchev–Trinajstić information content (AvgIpc) is 3.15. The number of nitrogens with one attached hydrogen (secondary N) is 1. The maximum absolute atomic E-state index is 12.9. The third-order valence-electron chi connectivity index (χ3n) is 3.78. The largest absolute Gasteiger partial charge is 0.393 e. The highest BCUT2D eigenvalue weighted by Crippen LogP contribution is 2.34. The molecule has 0 aliphatic carbocycles. The summed E-state index contributed by atoms with van der Waals surface area (Å²) in [6.07, 6.45) is -2.53. The fourth-order valence-corrected chi connectivity index (χ4v) is 3.56. The molecular formula is C13H14F3N5OS. The molecule has 1 fully saturated rings. The molecule has 0 radical (unpaired) electrons. The Hall–Kier alpha value is -1.97. The van der Waals surface area contributed by atoms with Crippen molar-refractivity contribution in [2.75, 3.05) is 13.1 Å². The molecule has 1 aliphatic rings. The molecule has 2 aromatic rings. The summed E-state index contributed by atoms with van der Waals surface area (Å²) in [6, 6.07) is 0. The highest BCUT2D eigenvalue weighted by molar-refractivity contribution is 7.17. The van der Waals surface area contributed by atoms with E-state index in [2.05, 4.69) is 20.2 Å². The van der Waals surface area contributed by atoms with Crippen LogP contribution in [0.4, 0.5) is 13.2 Å². The summed E-state index contributed by atoms with van der Waals surface area (Å²) < 4.78 is 38.6. The first kappa shape index (κ1) is 15.9. The maximum atomic E-state index is 12.9. The number of hydrogen-bond acceptors (Lipinski definition) is 5. The molecule has 0 spiro atoms. The van der Waals surface area contributed by atoms with Crippen LogP contribution in [-0.4, -0.2) is 50.2 Å². The van der Waals surface area contributed by atoms with E-state index in [-0.39, 0.29) is 13.0 Å². The van der Waals surface area contributed by atoms with Crippen LogP contribution in [0.2, 0.25) is 0 Å². The molecule has 1 atom stereocenters. The lowest BCUT2D eigenvalue weighted by molar-refractivity contribution is -0.184. The van der Waals surface area contributed by atoms with Crippen molar-refractivity contribution in [2.24, 2.45) is 5.92 Å². The van der Waals surface area contributed by atoms with Gasteiger partial charge in [0.15, 0.2) is 10.8 Å². The van der Waals surface area contributed by atoms with E-state index < -0.39 is 18.0 Å². The second-order valence-electron chi connectivity index (χ2n) is 5.40. The fraction of sp³-hybridized carbons (Fsp3) is 0.538. The fourth-order valence-electron chi connectivity index (χ4n) is 2.58. The topological polar surface area (TPSA) is 74.8 Å².